The van der Waals surface area contributed by atoms with Crippen molar-refractivity contribution in [3.63, 3.8) is 0 Å². The third kappa shape index (κ3) is 9.84. The van der Waals surface area contributed by atoms with Crippen LogP contribution in [0.4, 0.5) is 0 Å². The van der Waals surface area contributed by atoms with Gasteiger partial charge in [-0.3, -0.25) is 0 Å². The minimum Gasteiger partial charge on any atom is -0.355 e. The molecule has 8 nitrogen and oxygen atoms in total. The molecule has 0 aliphatic heterocycles. The van der Waals surface area contributed by atoms with Crippen LogP contribution in [0.2, 0.25) is 0 Å². The average Bonchev–Trinajstić information content (AvgIpc) is 1.61. The molecule has 0 unspecified atom stereocenters. The van der Waals surface area contributed by atoms with Crippen molar-refractivity contribution in [2.75, 3.05) is 0 Å². The van der Waals surface area contributed by atoms with E-state index in [1.807, 2.05) is 66.7 Å². The number of benzene rings is 14. The van der Waals surface area contributed by atoms with Gasteiger partial charge in [0.25, 0.3) is 0 Å². The van der Waals surface area contributed by atoms with E-state index in [0.29, 0.717) is 0 Å². The predicted molar refractivity (Wildman–Crippen MR) is 400 cm³/mol. The third-order valence-electron chi connectivity index (χ3n) is 18.5. The summed E-state index contributed by atoms with van der Waals surface area (Å²) in [6.45, 7) is 0. The van der Waals surface area contributed by atoms with Crippen LogP contribution in [0.5, 0.6) is 0 Å². The molecule has 0 saturated carbocycles. The van der Waals surface area contributed by atoms with Gasteiger partial charge in [0.2, 0.25) is 0 Å². The smallest absolute Gasteiger partial charge is 0.138 e. The minimum atomic E-state index is 0.883. The molecule has 20 rings (SSSR count). The van der Waals surface area contributed by atoms with Gasteiger partial charge in [-0.1, -0.05) is 210 Å². The van der Waals surface area contributed by atoms with E-state index in [-0.39, 0.29) is 0 Å². The largest absolute Gasteiger partial charge is 0.355 e. The normalized spacial score (nSPS) is 11.6. The molecule has 0 spiro atoms. The van der Waals surface area contributed by atoms with Gasteiger partial charge in [0.15, 0.2) is 0 Å². The first-order valence-corrected chi connectivity index (χ1v) is 32.8. The van der Waals surface area contributed by atoms with Gasteiger partial charge in [-0.25, -0.2) is 9.97 Å². The summed E-state index contributed by atoms with van der Waals surface area (Å²) in [6.07, 6.45) is 0. The highest BCUT2D eigenvalue weighted by Crippen LogP contribution is 2.41. The van der Waals surface area contributed by atoms with Crippen molar-refractivity contribution in [3.8, 4) is 62.1 Å². The molecule has 0 fully saturated rings. The summed E-state index contributed by atoms with van der Waals surface area (Å²) in [5.41, 5.74) is 24.1. The van der Waals surface area contributed by atoms with Crippen LogP contribution >= 0.6 is 15.9 Å². The van der Waals surface area contributed by atoms with Gasteiger partial charge in [-0.15, -0.1) is 0 Å². The predicted octanol–water partition coefficient (Wildman–Crippen LogP) is 23.2. The van der Waals surface area contributed by atoms with E-state index in [0.717, 1.165) is 55.0 Å². The lowest BCUT2D eigenvalue weighted by molar-refractivity contribution is 1.18. The molecule has 6 aromatic heterocycles. The Balaban J connectivity index is 0.000000118. The van der Waals surface area contributed by atoms with E-state index >= 15 is 0 Å². The number of halogens is 1. The Morgan fingerprint density at radius 2 is 0.600 bits per heavy atom. The highest BCUT2D eigenvalue weighted by molar-refractivity contribution is 9.10. The van der Waals surface area contributed by atoms with Crippen molar-refractivity contribution in [2.24, 2.45) is 0 Å². The number of para-hydroxylation sites is 6. The first kappa shape index (κ1) is 55.5. The molecule has 6 heterocycles. The zero-order valence-corrected chi connectivity index (χ0v) is 52.9. The highest BCUT2D eigenvalue weighted by atomic mass is 79.9. The standard InChI is InChI=1S/C43H28N4.C30H20N2.C13H9BrN2/c1-3-11-28(12-4-1)43-44-37-22-21-32(27-38(37)45-43)47-40-18-10-8-16-34(40)36-26-30(20-24-42(36)47)29-19-23-41-35(25-29)33-15-7-9-17-39(33)46(41)31-13-5-2-6-14-31;1-2-8-22(9-3-1)32-29-13-7-5-11-24(29)26-19-21(15-17-30(26)32)20-14-16-28-25(18-20)23-10-4-6-12-27(23)31-28;14-10-6-7-11-12(8-10)16-13(15-11)9-4-2-1-3-5-9/h1-27H,(H,44,45);1-19,31H;1-8H,(H,15,16). The number of fused-ring (bicyclic) bond motifs is 14. The number of hydrogen-bond acceptors (Lipinski definition) is 2. The highest BCUT2D eigenvalue weighted by Gasteiger charge is 2.19. The van der Waals surface area contributed by atoms with Gasteiger partial charge in [0.05, 0.1) is 55.2 Å². The van der Waals surface area contributed by atoms with E-state index in [1.165, 1.54) is 121 Å². The van der Waals surface area contributed by atoms with Crippen molar-refractivity contribution in [1.29, 1.82) is 0 Å². The fraction of sp³-hybridized carbons (Fsp3) is 0. The zero-order valence-electron chi connectivity index (χ0n) is 51.3. The van der Waals surface area contributed by atoms with Crippen LogP contribution in [-0.4, -0.2) is 38.6 Å². The monoisotopic (exact) mass is 1280 g/mol. The van der Waals surface area contributed by atoms with Crippen molar-refractivity contribution in [1.82, 2.24) is 38.6 Å². The van der Waals surface area contributed by atoms with Crippen LogP contribution in [0.15, 0.2) is 332 Å². The third-order valence-corrected chi connectivity index (χ3v) is 19.0. The molecule has 0 amide bonds. The molecule has 3 N–H and O–H groups in total. The zero-order chi connectivity index (χ0) is 62.9. The number of H-pyrrole nitrogens is 3. The van der Waals surface area contributed by atoms with Crippen LogP contribution in [-0.2, 0) is 0 Å². The Kier molecular flexibility index (Phi) is 13.5. The topological polar surface area (TPSA) is 87.9 Å². The van der Waals surface area contributed by atoms with E-state index in [4.69, 9.17) is 4.98 Å². The van der Waals surface area contributed by atoms with Gasteiger partial charge in [-0.05, 0) is 156 Å². The Morgan fingerprint density at radius 1 is 0.221 bits per heavy atom. The first-order chi connectivity index (χ1) is 47.0. The summed E-state index contributed by atoms with van der Waals surface area (Å²) < 4.78 is 8.14. The molecule has 9 heteroatoms. The molecule has 0 aliphatic carbocycles. The minimum absolute atomic E-state index is 0.883. The molecule has 20 aromatic rings. The molecule has 0 radical (unpaired) electrons. The molecule has 0 atom stereocenters. The summed E-state index contributed by atoms with van der Waals surface area (Å²) in [7, 11) is 0. The van der Waals surface area contributed by atoms with Crippen molar-refractivity contribution < 1.29 is 0 Å². The van der Waals surface area contributed by atoms with Crippen molar-refractivity contribution in [3.05, 3.63) is 332 Å². The van der Waals surface area contributed by atoms with E-state index in [2.05, 4.69) is 310 Å². The fourth-order valence-corrected chi connectivity index (χ4v) is 14.4. The lowest BCUT2D eigenvalue weighted by atomic mass is 10.0. The van der Waals surface area contributed by atoms with Gasteiger partial charge in [0.1, 0.15) is 11.6 Å². The summed E-state index contributed by atoms with van der Waals surface area (Å²) in [6, 6.07) is 116. The SMILES string of the molecule is Brc1ccc2nc(-c3ccccc3)[nH]c2c1.c1ccc(-c2nc3cc(-n4c5ccccc5c5cc(-c6ccc7c(c6)c6ccccc6n7-c6ccccc6)ccc54)ccc3[nH]2)cc1.c1ccc(-n2c3ccccc3c3cc(-c4ccc5[nH]c6ccccc6c5c4)ccc32)cc1. The van der Waals surface area contributed by atoms with Gasteiger partial charge in [0, 0.05) is 86.8 Å². The number of imidazole rings is 2. The summed E-state index contributed by atoms with van der Waals surface area (Å²) >= 11 is 3.45. The Morgan fingerprint density at radius 3 is 1.12 bits per heavy atom. The van der Waals surface area contributed by atoms with Crippen LogP contribution < -0.4 is 0 Å². The van der Waals surface area contributed by atoms with Crippen molar-refractivity contribution >= 4 is 125 Å². The Hall–Kier alpha value is -12.3. The maximum atomic E-state index is 4.96. The lowest BCUT2D eigenvalue weighted by Gasteiger charge is -2.09. The second kappa shape index (κ2) is 23.1. The molecule has 95 heavy (non-hydrogen) atoms. The molecular formula is C86H57BrN8. The second-order valence-corrected chi connectivity index (χ2v) is 25.0. The Bertz CT molecular complexity index is 6290. The summed E-state index contributed by atoms with van der Waals surface area (Å²) in [5.74, 6) is 1.79. The van der Waals surface area contributed by atoms with Crippen molar-refractivity contribution in [2.45, 2.75) is 0 Å². The maximum absolute atomic E-state index is 4.96. The number of nitrogens with zero attached hydrogens (tertiary/aromatic N) is 5. The van der Waals surface area contributed by atoms with Crippen LogP contribution in [0.1, 0.15) is 0 Å². The van der Waals surface area contributed by atoms with Gasteiger partial charge in [-0.2, -0.15) is 0 Å². The van der Waals surface area contributed by atoms with E-state index < -0.39 is 0 Å². The second-order valence-electron chi connectivity index (χ2n) is 24.1. The average molecular weight is 1280 g/mol. The maximum Gasteiger partial charge on any atom is 0.138 e. The van der Waals surface area contributed by atoms with E-state index in [9.17, 15) is 0 Å². The van der Waals surface area contributed by atoms with Crippen LogP contribution in [0, 0.1) is 0 Å². The van der Waals surface area contributed by atoms with E-state index in [1.54, 1.807) is 0 Å². The number of hydrogen-bond donors (Lipinski definition) is 3. The molecule has 14 aromatic carbocycles. The fourth-order valence-electron chi connectivity index (χ4n) is 14.1. The summed E-state index contributed by atoms with van der Waals surface area (Å²) in [5, 5.41) is 10.1. The van der Waals surface area contributed by atoms with Crippen LogP contribution in [0.25, 0.3) is 171 Å². The summed E-state index contributed by atoms with van der Waals surface area (Å²) in [4.78, 5) is 19.8. The Labute approximate surface area is 554 Å². The number of rotatable bonds is 7. The quantitative estimate of drug-likeness (QED) is 0.148. The molecule has 0 saturated heterocycles. The molecule has 0 bridgehead atoms. The number of aromatic amines is 3. The van der Waals surface area contributed by atoms with Gasteiger partial charge < -0.3 is 28.7 Å². The molecule has 0 aliphatic rings. The van der Waals surface area contributed by atoms with Gasteiger partial charge >= 0.3 is 0 Å². The lowest BCUT2D eigenvalue weighted by Crippen LogP contribution is -1.93. The molecular weight excluding hydrogens is 1220 g/mol. The molecule has 448 valence electrons. The number of aromatic nitrogens is 8. The number of nitrogens with one attached hydrogen (secondary N) is 3. The first-order valence-electron chi connectivity index (χ1n) is 32.0. The van der Waals surface area contributed by atoms with Crippen LogP contribution in [0.3, 0.4) is 0 Å².